The van der Waals surface area contributed by atoms with Gasteiger partial charge in [0.05, 0.1) is 17.3 Å². The average Bonchev–Trinajstić information content (AvgIpc) is 2.46. The highest BCUT2D eigenvalue weighted by Gasteiger charge is 2.24. The Morgan fingerprint density at radius 1 is 1.32 bits per heavy atom. The van der Waals surface area contributed by atoms with Gasteiger partial charge in [-0.1, -0.05) is 12.1 Å². The molecule has 0 bridgehead atoms. The minimum absolute atomic E-state index is 0.000122. The number of hydrogen-bond acceptors (Lipinski definition) is 4. The smallest absolute Gasteiger partial charge is 0.326 e. The van der Waals surface area contributed by atoms with Gasteiger partial charge in [0.2, 0.25) is 5.91 Å². The zero-order chi connectivity index (χ0) is 16.7. The summed E-state index contributed by atoms with van der Waals surface area (Å²) in [4.78, 5) is 34.5. The zero-order valence-corrected chi connectivity index (χ0v) is 12.3. The fraction of sp³-hybridized carbons (Fsp3) is 0.333. The first kappa shape index (κ1) is 17.2. The summed E-state index contributed by atoms with van der Waals surface area (Å²) in [6.45, 7) is 2.89. The number of para-hydroxylation sites is 1. The zero-order valence-electron chi connectivity index (χ0n) is 12.3. The van der Waals surface area contributed by atoms with Gasteiger partial charge in [-0.05, 0) is 25.5 Å². The summed E-state index contributed by atoms with van der Waals surface area (Å²) in [6, 6.07) is 7.03. The summed E-state index contributed by atoms with van der Waals surface area (Å²) in [5.74, 6) is -2.69. The van der Waals surface area contributed by atoms with Crippen molar-refractivity contribution in [3.63, 3.8) is 0 Å². The van der Waals surface area contributed by atoms with Crippen LogP contribution in [0.25, 0.3) is 0 Å². The molecule has 3 N–H and O–H groups in total. The van der Waals surface area contributed by atoms with Crippen molar-refractivity contribution < 1.29 is 19.5 Å². The molecule has 0 saturated carbocycles. The van der Waals surface area contributed by atoms with E-state index in [0.717, 1.165) is 0 Å². The molecule has 7 heteroatoms. The number of hydrogen-bond donors (Lipinski definition) is 3. The molecule has 0 spiro atoms. The van der Waals surface area contributed by atoms with Gasteiger partial charge in [0.15, 0.2) is 0 Å². The number of aliphatic carboxylic acids is 1. The quantitative estimate of drug-likeness (QED) is 0.733. The number of amides is 2. The molecule has 0 saturated heterocycles. The van der Waals surface area contributed by atoms with Crippen LogP contribution in [0.15, 0.2) is 24.3 Å². The topological polar surface area (TPSA) is 119 Å². The maximum absolute atomic E-state index is 12.2. The van der Waals surface area contributed by atoms with Crippen molar-refractivity contribution in [2.45, 2.75) is 26.3 Å². The molecule has 1 rings (SSSR count). The number of nitrogens with one attached hydrogen (secondary N) is 2. The summed E-state index contributed by atoms with van der Waals surface area (Å²) >= 11 is 0. The van der Waals surface area contributed by atoms with Crippen molar-refractivity contribution in [1.82, 2.24) is 5.32 Å². The normalized spacial score (nSPS) is 12.6. The first-order valence-electron chi connectivity index (χ1n) is 6.65. The van der Waals surface area contributed by atoms with Crippen molar-refractivity contribution in [3.8, 4) is 6.07 Å². The first-order valence-corrected chi connectivity index (χ1v) is 6.65. The number of carbonyl (C=O) groups excluding carboxylic acids is 2. The molecule has 1 aromatic carbocycles. The van der Waals surface area contributed by atoms with Gasteiger partial charge >= 0.3 is 5.97 Å². The number of carboxylic acids is 1. The second kappa shape index (κ2) is 7.78. The van der Waals surface area contributed by atoms with Gasteiger partial charge in [-0.15, -0.1) is 0 Å². The number of anilines is 1. The van der Waals surface area contributed by atoms with Crippen molar-refractivity contribution in [3.05, 3.63) is 29.8 Å². The van der Waals surface area contributed by atoms with Crippen LogP contribution < -0.4 is 10.6 Å². The predicted molar refractivity (Wildman–Crippen MR) is 79.0 cm³/mol. The van der Waals surface area contributed by atoms with Crippen molar-refractivity contribution >= 4 is 23.5 Å². The van der Waals surface area contributed by atoms with Gasteiger partial charge in [0.25, 0.3) is 5.91 Å². The largest absolute Gasteiger partial charge is 0.480 e. The minimum atomic E-state index is -1.22. The Morgan fingerprint density at radius 2 is 1.95 bits per heavy atom. The Morgan fingerprint density at radius 3 is 2.50 bits per heavy atom. The molecule has 1 aromatic rings. The molecule has 0 aliphatic rings. The first-order chi connectivity index (χ1) is 10.3. The van der Waals surface area contributed by atoms with E-state index in [1.165, 1.54) is 13.0 Å². The third kappa shape index (κ3) is 4.90. The second-order valence-corrected chi connectivity index (χ2v) is 4.86. The standard InChI is InChI=1S/C15H17N3O4/c1-9(8-16)7-13(15(21)22)18-14(20)11-5-3-4-6-12(11)17-10(2)19/h3-6,9,13H,7H2,1-2H3,(H,17,19)(H,18,20)(H,21,22)/t9-,13-/m1/s1. The highest BCUT2D eigenvalue weighted by atomic mass is 16.4. The van der Waals surface area contributed by atoms with Crippen LogP contribution in [0.1, 0.15) is 30.6 Å². The van der Waals surface area contributed by atoms with E-state index in [4.69, 9.17) is 10.4 Å². The Hall–Kier alpha value is -2.88. The number of nitrogens with zero attached hydrogens (tertiary/aromatic N) is 1. The van der Waals surface area contributed by atoms with E-state index in [9.17, 15) is 14.4 Å². The fourth-order valence-corrected chi connectivity index (χ4v) is 1.84. The van der Waals surface area contributed by atoms with Crippen LogP contribution in [0.2, 0.25) is 0 Å². The molecular formula is C15H17N3O4. The maximum Gasteiger partial charge on any atom is 0.326 e. The molecule has 0 aromatic heterocycles. The van der Waals surface area contributed by atoms with Crippen LogP contribution >= 0.6 is 0 Å². The summed E-state index contributed by atoms with van der Waals surface area (Å²) in [5, 5.41) is 22.8. The Balaban J connectivity index is 2.93. The summed E-state index contributed by atoms with van der Waals surface area (Å²) in [5.41, 5.74) is 0.457. The van der Waals surface area contributed by atoms with Gasteiger partial charge in [-0.25, -0.2) is 4.79 Å². The Bertz CT molecular complexity index is 621. The Kier molecular flexibility index (Phi) is 6.08. The number of benzene rings is 1. The molecular weight excluding hydrogens is 286 g/mol. The lowest BCUT2D eigenvalue weighted by molar-refractivity contribution is -0.139. The molecule has 0 unspecified atom stereocenters. The van der Waals surface area contributed by atoms with E-state index in [1.54, 1.807) is 25.1 Å². The molecule has 2 atom stereocenters. The van der Waals surface area contributed by atoms with E-state index in [-0.39, 0.29) is 17.9 Å². The molecule has 116 valence electrons. The maximum atomic E-state index is 12.2. The molecule has 22 heavy (non-hydrogen) atoms. The fourth-order valence-electron chi connectivity index (χ4n) is 1.84. The second-order valence-electron chi connectivity index (χ2n) is 4.86. The highest BCUT2D eigenvalue weighted by molar-refractivity contribution is 6.04. The van der Waals surface area contributed by atoms with E-state index in [2.05, 4.69) is 10.6 Å². The number of rotatable bonds is 6. The van der Waals surface area contributed by atoms with Crippen molar-refractivity contribution in [2.75, 3.05) is 5.32 Å². The molecule has 7 nitrogen and oxygen atoms in total. The van der Waals surface area contributed by atoms with Crippen LogP contribution in [-0.2, 0) is 9.59 Å². The van der Waals surface area contributed by atoms with E-state index < -0.39 is 23.8 Å². The lowest BCUT2D eigenvalue weighted by Crippen LogP contribution is -2.42. The molecule has 0 aliphatic carbocycles. The summed E-state index contributed by atoms with van der Waals surface area (Å²) < 4.78 is 0. The van der Waals surface area contributed by atoms with Gasteiger partial charge in [0.1, 0.15) is 6.04 Å². The Labute approximate surface area is 127 Å². The highest BCUT2D eigenvalue weighted by Crippen LogP contribution is 2.16. The van der Waals surface area contributed by atoms with Gasteiger partial charge < -0.3 is 15.7 Å². The van der Waals surface area contributed by atoms with Crippen molar-refractivity contribution in [2.24, 2.45) is 5.92 Å². The lowest BCUT2D eigenvalue weighted by atomic mass is 10.0. The third-order valence-corrected chi connectivity index (χ3v) is 2.90. The summed E-state index contributed by atoms with van der Waals surface area (Å²) in [7, 11) is 0. The lowest BCUT2D eigenvalue weighted by Gasteiger charge is -2.17. The van der Waals surface area contributed by atoms with Crippen LogP contribution in [0.5, 0.6) is 0 Å². The van der Waals surface area contributed by atoms with Crippen LogP contribution in [0, 0.1) is 17.2 Å². The predicted octanol–water partition coefficient (Wildman–Crippen LogP) is 1.38. The van der Waals surface area contributed by atoms with Crippen LogP contribution in [0.3, 0.4) is 0 Å². The van der Waals surface area contributed by atoms with Gasteiger partial charge in [-0.2, -0.15) is 5.26 Å². The number of nitriles is 1. The third-order valence-electron chi connectivity index (χ3n) is 2.90. The van der Waals surface area contributed by atoms with E-state index in [0.29, 0.717) is 5.69 Å². The number of carbonyl (C=O) groups is 3. The summed E-state index contributed by atoms with van der Waals surface area (Å²) in [6.07, 6.45) is -0.000122. The molecule has 0 radical (unpaired) electrons. The van der Waals surface area contributed by atoms with Crippen LogP contribution in [0.4, 0.5) is 5.69 Å². The SMILES string of the molecule is CC(=O)Nc1ccccc1C(=O)N[C@H](C[C@@H](C)C#N)C(=O)O. The molecule has 2 amide bonds. The number of carboxylic acid groups (broad SMARTS) is 1. The van der Waals surface area contributed by atoms with E-state index in [1.807, 2.05) is 6.07 Å². The van der Waals surface area contributed by atoms with Gasteiger partial charge in [0, 0.05) is 12.8 Å². The minimum Gasteiger partial charge on any atom is -0.480 e. The average molecular weight is 303 g/mol. The van der Waals surface area contributed by atoms with Gasteiger partial charge in [-0.3, -0.25) is 9.59 Å². The van der Waals surface area contributed by atoms with E-state index >= 15 is 0 Å². The molecule has 0 fully saturated rings. The van der Waals surface area contributed by atoms with Crippen LogP contribution in [-0.4, -0.2) is 28.9 Å². The van der Waals surface area contributed by atoms with Crippen molar-refractivity contribution in [1.29, 1.82) is 5.26 Å². The molecule has 0 heterocycles. The molecule has 0 aliphatic heterocycles. The monoisotopic (exact) mass is 303 g/mol.